The Labute approximate surface area is 104 Å². The van der Waals surface area contributed by atoms with Crippen LogP contribution in [-0.4, -0.2) is 15.7 Å². The van der Waals surface area contributed by atoms with Gasteiger partial charge < -0.3 is 5.73 Å². The first-order valence-corrected chi connectivity index (χ1v) is 5.46. The van der Waals surface area contributed by atoms with E-state index in [1.165, 1.54) is 10.7 Å². The normalized spacial score (nSPS) is 10.3. The average Bonchev–Trinajstić information content (AvgIpc) is 2.30. The van der Waals surface area contributed by atoms with Crippen LogP contribution in [0.5, 0.6) is 0 Å². The summed E-state index contributed by atoms with van der Waals surface area (Å²) in [4.78, 5) is 23.0. The minimum Gasteiger partial charge on any atom is -0.366 e. The van der Waals surface area contributed by atoms with Crippen LogP contribution >= 0.6 is 0 Å². The van der Waals surface area contributed by atoms with Crippen molar-refractivity contribution < 1.29 is 4.79 Å². The van der Waals surface area contributed by atoms with E-state index in [-0.39, 0.29) is 5.56 Å². The van der Waals surface area contributed by atoms with Crippen LogP contribution in [0.15, 0.2) is 35.3 Å². The summed E-state index contributed by atoms with van der Waals surface area (Å²) in [7, 11) is 0. The number of nitrogens with two attached hydrogens (primary N) is 1. The highest BCUT2D eigenvalue weighted by Gasteiger charge is 2.08. The molecule has 5 nitrogen and oxygen atoms in total. The third-order valence-corrected chi connectivity index (χ3v) is 2.67. The largest absolute Gasteiger partial charge is 0.366 e. The lowest BCUT2D eigenvalue weighted by molar-refractivity contribution is 0.0999. The summed E-state index contributed by atoms with van der Waals surface area (Å²) < 4.78 is 1.23. The van der Waals surface area contributed by atoms with E-state index in [9.17, 15) is 9.59 Å². The van der Waals surface area contributed by atoms with Gasteiger partial charge in [-0.15, -0.1) is 0 Å². The molecule has 0 aliphatic rings. The van der Waals surface area contributed by atoms with E-state index in [2.05, 4.69) is 5.10 Å². The maximum atomic E-state index is 11.8. The van der Waals surface area contributed by atoms with E-state index < -0.39 is 5.91 Å². The number of hydrogen-bond donors (Lipinski definition) is 1. The number of benzene rings is 1. The Balaban J connectivity index is 2.61. The monoisotopic (exact) mass is 243 g/mol. The fourth-order valence-corrected chi connectivity index (χ4v) is 1.70. The third-order valence-electron chi connectivity index (χ3n) is 2.67. The minimum atomic E-state index is -0.519. The molecule has 1 heterocycles. The van der Waals surface area contributed by atoms with Gasteiger partial charge in [-0.25, -0.2) is 0 Å². The SMILES string of the molecule is Cc1cnn(-c2ccc(C)c(C(N)=O)c2)c(=O)c1. The molecule has 0 fully saturated rings. The molecule has 0 spiro atoms. The first-order chi connectivity index (χ1) is 8.49. The van der Waals surface area contributed by atoms with Gasteiger partial charge in [0.15, 0.2) is 0 Å². The van der Waals surface area contributed by atoms with Crippen molar-refractivity contribution in [2.75, 3.05) is 0 Å². The average molecular weight is 243 g/mol. The van der Waals surface area contributed by atoms with E-state index in [1.54, 1.807) is 38.2 Å². The fourth-order valence-electron chi connectivity index (χ4n) is 1.70. The molecule has 0 radical (unpaired) electrons. The molecular weight excluding hydrogens is 230 g/mol. The van der Waals surface area contributed by atoms with Crippen LogP contribution in [0.1, 0.15) is 21.5 Å². The summed E-state index contributed by atoms with van der Waals surface area (Å²) in [5, 5.41) is 4.03. The van der Waals surface area contributed by atoms with Gasteiger partial charge in [-0.2, -0.15) is 9.78 Å². The van der Waals surface area contributed by atoms with Crippen molar-refractivity contribution in [1.82, 2.24) is 9.78 Å². The van der Waals surface area contributed by atoms with Crippen molar-refractivity contribution in [1.29, 1.82) is 0 Å². The molecule has 0 atom stereocenters. The molecule has 0 bridgehead atoms. The predicted molar refractivity (Wildman–Crippen MR) is 67.8 cm³/mol. The minimum absolute atomic E-state index is 0.241. The summed E-state index contributed by atoms with van der Waals surface area (Å²) in [6.45, 7) is 3.58. The first-order valence-electron chi connectivity index (χ1n) is 5.46. The molecule has 2 rings (SSSR count). The molecule has 1 amide bonds. The van der Waals surface area contributed by atoms with Gasteiger partial charge in [0.05, 0.1) is 11.9 Å². The highest BCUT2D eigenvalue weighted by Crippen LogP contribution is 2.12. The Morgan fingerprint density at radius 2 is 2.00 bits per heavy atom. The van der Waals surface area contributed by atoms with Gasteiger partial charge in [-0.1, -0.05) is 6.07 Å². The van der Waals surface area contributed by atoms with Crippen LogP contribution in [0.2, 0.25) is 0 Å². The number of rotatable bonds is 2. The first kappa shape index (κ1) is 12.0. The zero-order chi connectivity index (χ0) is 13.3. The van der Waals surface area contributed by atoms with Gasteiger partial charge >= 0.3 is 0 Å². The van der Waals surface area contributed by atoms with Gasteiger partial charge in [0.2, 0.25) is 5.91 Å². The zero-order valence-corrected chi connectivity index (χ0v) is 10.2. The topological polar surface area (TPSA) is 78.0 Å². The molecule has 2 aromatic rings. The number of primary amides is 1. The zero-order valence-electron chi connectivity index (χ0n) is 10.2. The summed E-state index contributed by atoms with van der Waals surface area (Å²) in [5.74, 6) is -0.519. The number of carbonyl (C=O) groups is 1. The predicted octanol–water partition coefficient (Wildman–Crippen LogP) is 0.948. The van der Waals surface area contributed by atoms with Gasteiger partial charge in [0.25, 0.3) is 5.56 Å². The summed E-state index contributed by atoms with van der Waals surface area (Å²) in [5.41, 5.74) is 7.51. The number of carbonyl (C=O) groups excluding carboxylic acids is 1. The van der Waals surface area contributed by atoms with E-state index in [4.69, 9.17) is 5.73 Å². The van der Waals surface area contributed by atoms with Crippen LogP contribution in [0.4, 0.5) is 0 Å². The third kappa shape index (κ3) is 2.15. The Morgan fingerprint density at radius 1 is 1.28 bits per heavy atom. The van der Waals surface area contributed by atoms with Gasteiger partial charge in [0.1, 0.15) is 0 Å². The maximum Gasteiger partial charge on any atom is 0.271 e. The van der Waals surface area contributed by atoms with Crippen molar-refractivity contribution in [3.63, 3.8) is 0 Å². The Kier molecular flexibility index (Phi) is 2.97. The molecule has 1 aromatic heterocycles. The van der Waals surface area contributed by atoms with Crippen molar-refractivity contribution in [3.8, 4) is 5.69 Å². The van der Waals surface area contributed by atoms with Crippen molar-refractivity contribution in [2.45, 2.75) is 13.8 Å². The lowest BCUT2D eigenvalue weighted by Gasteiger charge is -2.07. The fraction of sp³-hybridized carbons (Fsp3) is 0.154. The number of amides is 1. The number of hydrogen-bond acceptors (Lipinski definition) is 3. The summed E-state index contributed by atoms with van der Waals surface area (Å²) in [6, 6.07) is 6.52. The highest BCUT2D eigenvalue weighted by atomic mass is 16.1. The second-order valence-electron chi connectivity index (χ2n) is 4.15. The van der Waals surface area contributed by atoms with Crippen LogP contribution in [0, 0.1) is 13.8 Å². The Bertz CT molecular complexity index is 674. The van der Waals surface area contributed by atoms with Crippen LogP contribution in [-0.2, 0) is 0 Å². The quantitative estimate of drug-likeness (QED) is 0.852. The lowest BCUT2D eigenvalue weighted by atomic mass is 10.1. The molecule has 0 unspecified atom stereocenters. The van der Waals surface area contributed by atoms with E-state index >= 15 is 0 Å². The summed E-state index contributed by atoms with van der Waals surface area (Å²) in [6.07, 6.45) is 1.59. The molecule has 2 N–H and O–H groups in total. The van der Waals surface area contributed by atoms with E-state index in [1.807, 2.05) is 0 Å². The summed E-state index contributed by atoms with van der Waals surface area (Å²) >= 11 is 0. The number of aromatic nitrogens is 2. The van der Waals surface area contributed by atoms with E-state index in [0.29, 0.717) is 11.3 Å². The maximum absolute atomic E-state index is 11.8. The molecule has 1 aromatic carbocycles. The molecule has 0 saturated heterocycles. The van der Waals surface area contributed by atoms with Crippen molar-refractivity contribution in [3.05, 3.63) is 57.5 Å². The van der Waals surface area contributed by atoms with E-state index in [0.717, 1.165) is 11.1 Å². The van der Waals surface area contributed by atoms with Crippen LogP contribution in [0.3, 0.4) is 0 Å². The Hall–Kier alpha value is -2.43. The lowest BCUT2D eigenvalue weighted by Crippen LogP contribution is -2.21. The Morgan fingerprint density at radius 3 is 2.61 bits per heavy atom. The molecule has 5 heteroatoms. The van der Waals surface area contributed by atoms with Crippen molar-refractivity contribution in [2.24, 2.45) is 5.73 Å². The number of aryl methyl sites for hydroxylation is 2. The van der Waals surface area contributed by atoms with Gasteiger partial charge in [-0.3, -0.25) is 9.59 Å². The molecule has 0 saturated carbocycles. The van der Waals surface area contributed by atoms with Crippen LogP contribution in [0.25, 0.3) is 5.69 Å². The molecular formula is C13H13N3O2. The molecule has 92 valence electrons. The van der Waals surface area contributed by atoms with Gasteiger partial charge in [0, 0.05) is 11.6 Å². The molecule has 18 heavy (non-hydrogen) atoms. The number of nitrogens with zero attached hydrogens (tertiary/aromatic N) is 2. The highest BCUT2D eigenvalue weighted by molar-refractivity contribution is 5.94. The van der Waals surface area contributed by atoms with Crippen molar-refractivity contribution >= 4 is 5.91 Å². The second kappa shape index (κ2) is 4.44. The van der Waals surface area contributed by atoms with Gasteiger partial charge in [-0.05, 0) is 37.1 Å². The molecule has 0 aliphatic heterocycles. The second-order valence-corrected chi connectivity index (χ2v) is 4.15. The smallest absolute Gasteiger partial charge is 0.271 e. The molecule has 0 aliphatic carbocycles. The standard InChI is InChI=1S/C13H13N3O2/c1-8-5-12(17)16(15-7-8)10-4-3-9(2)11(6-10)13(14)18/h3-7H,1-2H3,(H2,14,18). The van der Waals surface area contributed by atoms with Crippen LogP contribution < -0.4 is 11.3 Å².